The summed E-state index contributed by atoms with van der Waals surface area (Å²) < 4.78 is 0. The minimum atomic E-state index is -1.76. The highest BCUT2D eigenvalue weighted by Gasteiger charge is 2.35. The molecule has 21 nitrogen and oxygen atoms in total. The van der Waals surface area contributed by atoms with Gasteiger partial charge < -0.3 is 69.1 Å². The van der Waals surface area contributed by atoms with Crippen molar-refractivity contribution in [3.8, 4) is 0 Å². The lowest BCUT2D eigenvalue weighted by atomic mass is 10.0. The molecule has 15 N–H and O–H groups in total. The zero-order valence-electron chi connectivity index (χ0n) is 29.8. The Morgan fingerprint density at radius 2 is 1.54 bits per heavy atom. The maximum atomic E-state index is 13.4. The van der Waals surface area contributed by atoms with Crippen LogP contribution in [0.1, 0.15) is 44.6 Å². The van der Waals surface area contributed by atoms with E-state index in [9.17, 15) is 58.8 Å². The van der Waals surface area contributed by atoms with E-state index >= 15 is 0 Å². The molecule has 1 aliphatic heterocycles. The third-order valence-corrected chi connectivity index (χ3v) is 8.34. The Morgan fingerprint density at radius 1 is 0.852 bits per heavy atom. The number of nitrogens with one attached hydrogen (secondary N) is 7. The van der Waals surface area contributed by atoms with E-state index in [4.69, 9.17) is 11.5 Å². The Morgan fingerprint density at radius 3 is 2.13 bits per heavy atom. The van der Waals surface area contributed by atoms with Gasteiger partial charge in [-0.05, 0) is 38.2 Å². The molecule has 8 atom stereocenters. The maximum Gasteiger partial charge on any atom is 0.245 e. The predicted octanol–water partition coefficient (Wildman–Crippen LogP) is -6.61. The van der Waals surface area contributed by atoms with Crippen LogP contribution in [0.5, 0.6) is 0 Å². The number of nitrogens with two attached hydrogens (primary N) is 2. The van der Waals surface area contributed by atoms with Crippen LogP contribution in [0.2, 0.25) is 0 Å². The van der Waals surface area contributed by atoms with E-state index in [1.165, 1.54) is 0 Å². The summed E-state index contributed by atoms with van der Waals surface area (Å²) in [6, 6.07) is -1.94. The van der Waals surface area contributed by atoms with Crippen molar-refractivity contribution in [2.24, 2.45) is 11.5 Å². The Bertz CT molecular complexity index is 1470. The molecule has 1 aliphatic rings. The molecule has 2 unspecified atom stereocenters. The molecule has 0 spiro atoms. The average Bonchev–Trinajstić information content (AvgIpc) is 3.14. The monoisotopic (exact) mass is 765 g/mol. The van der Waals surface area contributed by atoms with Crippen molar-refractivity contribution in [2.75, 3.05) is 26.4 Å². The van der Waals surface area contributed by atoms with Gasteiger partial charge in [-0.3, -0.25) is 38.4 Å². The molecule has 8 amide bonds. The zero-order chi connectivity index (χ0) is 40.4. The lowest BCUT2D eigenvalue weighted by Crippen LogP contribution is -2.62. The van der Waals surface area contributed by atoms with Crippen LogP contribution in [0.25, 0.3) is 0 Å². The fourth-order valence-corrected chi connectivity index (χ4v) is 5.16. The Labute approximate surface area is 310 Å². The van der Waals surface area contributed by atoms with Gasteiger partial charge in [0, 0.05) is 19.4 Å². The largest absolute Gasteiger partial charge is 0.394 e. The number of amides is 8. The molecule has 0 radical (unpaired) electrons. The van der Waals surface area contributed by atoms with Gasteiger partial charge in [-0.2, -0.15) is 0 Å². The molecule has 1 heterocycles. The fraction of sp³-hybridized carbons (Fsp3) is 0.576. The predicted molar refractivity (Wildman–Crippen MR) is 188 cm³/mol. The molecule has 0 saturated carbocycles. The second-order valence-electron chi connectivity index (χ2n) is 12.7. The second-order valence-corrected chi connectivity index (χ2v) is 12.7. The highest BCUT2D eigenvalue weighted by Crippen LogP contribution is 2.08. The van der Waals surface area contributed by atoms with Gasteiger partial charge in [0.15, 0.2) is 0 Å². The first-order chi connectivity index (χ1) is 25.6. The lowest BCUT2D eigenvalue weighted by Gasteiger charge is -2.28. The molecule has 21 heteroatoms. The minimum Gasteiger partial charge on any atom is -0.394 e. The molecular formula is C33H51N9O12. The molecule has 2 rings (SSSR count). The van der Waals surface area contributed by atoms with E-state index in [1.54, 1.807) is 30.3 Å². The van der Waals surface area contributed by atoms with Gasteiger partial charge in [0.1, 0.15) is 42.3 Å². The number of rotatable bonds is 13. The van der Waals surface area contributed by atoms with Crippen LogP contribution in [0.3, 0.4) is 0 Å². The third-order valence-electron chi connectivity index (χ3n) is 8.34. The van der Waals surface area contributed by atoms with Crippen LogP contribution in [-0.4, -0.2) is 142 Å². The summed E-state index contributed by atoms with van der Waals surface area (Å²) in [4.78, 5) is 103. The van der Waals surface area contributed by atoms with Crippen LogP contribution < -0.4 is 48.7 Å². The number of carbonyl (C=O) groups is 8. The van der Waals surface area contributed by atoms with Crippen molar-refractivity contribution in [1.29, 1.82) is 0 Å². The quantitative estimate of drug-likeness (QED) is 0.0890. The molecule has 300 valence electrons. The van der Waals surface area contributed by atoms with Crippen molar-refractivity contribution in [3.63, 3.8) is 0 Å². The van der Waals surface area contributed by atoms with Crippen LogP contribution in [-0.2, 0) is 44.8 Å². The number of aliphatic hydroxyl groups is 4. The van der Waals surface area contributed by atoms with Gasteiger partial charge in [0.05, 0.1) is 25.9 Å². The van der Waals surface area contributed by atoms with Gasteiger partial charge in [-0.15, -0.1) is 0 Å². The van der Waals surface area contributed by atoms with Gasteiger partial charge in [0.2, 0.25) is 47.3 Å². The van der Waals surface area contributed by atoms with Crippen molar-refractivity contribution >= 4 is 47.3 Å². The van der Waals surface area contributed by atoms with E-state index in [2.05, 4.69) is 37.2 Å². The van der Waals surface area contributed by atoms with Crippen LogP contribution in [0.4, 0.5) is 0 Å². The number of primary amides is 1. The van der Waals surface area contributed by atoms with Gasteiger partial charge >= 0.3 is 0 Å². The van der Waals surface area contributed by atoms with E-state index in [1.807, 2.05) is 0 Å². The normalized spacial score (nSPS) is 22.9. The zero-order valence-corrected chi connectivity index (χ0v) is 29.8. The lowest BCUT2D eigenvalue weighted by molar-refractivity contribution is -0.137. The Hall–Kier alpha value is -5.22. The average molecular weight is 766 g/mol. The highest BCUT2D eigenvalue weighted by molar-refractivity contribution is 5.97. The second kappa shape index (κ2) is 22.8. The van der Waals surface area contributed by atoms with E-state index in [0.29, 0.717) is 5.56 Å². The van der Waals surface area contributed by atoms with Crippen molar-refractivity contribution < 1.29 is 58.8 Å². The summed E-state index contributed by atoms with van der Waals surface area (Å²) in [6.07, 6.45) is -1.79. The molecule has 54 heavy (non-hydrogen) atoms. The first kappa shape index (κ1) is 44.9. The first-order valence-electron chi connectivity index (χ1n) is 17.3. The van der Waals surface area contributed by atoms with Crippen LogP contribution in [0.15, 0.2) is 30.3 Å². The fourth-order valence-electron chi connectivity index (χ4n) is 5.16. The van der Waals surface area contributed by atoms with Gasteiger partial charge in [0.25, 0.3) is 0 Å². The highest BCUT2D eigenvalue weighted by atomic mass is 16.3. The first-order valence-corrected chi connectivity index (χ1v) is 17.3. The summed E-state index contributed by atoms with van der Waals surface area (Å²) in [7, 11) is 0. The molecule has 1 aromatic rings. The summed E-state index contributed by atoms with van der Waals surface area (Å²) in [5.74, 6) is -7.51. The summed E-state index contributed by atoms with van der Waals surface area (Å²) >= 11 is 0. The van der Waals surface area contributed by atoms with E-state index < -0.39 is 115 Å². The molecule has 0 bridgehead atoms. The number of aliphatic hydroxyl groups excluding tert-OH is 4. The smallest absolute Gasteiger partial charge is 0.245 e. The molecule has 1 fully saturated rings. The molecule has 1 saturated heterocycles. The van der Waals surface area contributed by atoms with Crippen LogP contribution >= 0.6 is 0 Å². The molecular weight excluding hydrogens is 714 g/mol. The number of carbonyl (C=O) groups excluding carboxylic acids is 8. The van der Waals surface area contributed by atoms with Crippen molar-refractivity contribution in [2.45, 2.75) is 93.8 Å². The Balaban J connectivity index is 2.28. The molecule has 0 aromatic heterocycles. The minimum absolute atomic E-state index is 0.0214. The van der Waals surface area contributed by atoms with E-state index in [0.717, 1.165) is 6.92 Å². The summed E-state index contributed by atoms with van der Waals surface area (Å²) in [5, 5.41) is 55.9. The van der Waals surface area contributed by atoms with E-state index in [-0.39, 0.29) is 45.1 Å². The van der Waals surface area contributed by atoms with Crippen molar-refractivity contribution in [3.05, 3.63) is 35.9 Å². The topological polar surface area (TPSA) is 354 Å². The SMILES string of the molecule is C[C@@H](O)[C@@H]1NC(=O)C(NC(=O)[C@@H](N)CO)CCC(=O)NCCCCC(C(=O)N[C@@H](CO)C(=O)N[C@@H](Cc2ccccc2)C(N)=O)NC(=O)[C@H](CO)NC1=O. The number of hydrogen-bond acceptors (Lipinski definition) is 13. The van der Waals surface area contributed by atoms with Crippen LogP contribution in [0, 0.1) is 0 Å². The summed E-state index contributed by atoms with van der Waals surface area (Å²) in [5.41, 5.74) is 11.7. The standard InChI is InChI=1S/C33H51N9O12/c1-17(46)26-33(54)41-24(16-45)31(52)38-20(9-5-6-12-36-25(47)11-10-21(30(51)42-26)37-28(49)19(34)14-43)29(50)40-23(15-44)32(53)39-22(27(35)48)13-18-7-3-2-4-8-18/h2-4,7-8,17,19-24,26,43-46H,5-6,9-16,34H2,1H3,(H2,35,48)(H,36,47)(H,37,49)(H,38,52)(H,39,53)(H,40,50)(H,41,54)(H,42,51)/t17-,19+,20?,21?,22+,23+,24+,26+/m1/s1. The third kappa shape index (κ3) is 14.7. The van der Waals surface area contributed by atoms with Crippen molar-refractivity contribution in [1.82, 2.24) is 37.2 Å². The van der Waals surface area contributed by atoms with Gasteiger partial charge in [-0.1, -0.05) is 30.3 Å². The maximum absolute atomic E-state index is 13.4. The molecule has 0 aliphatic carbocycles. The number of benzene rings is 1. The summed E-state index contributed by atoms with van der Waals surface area (Å²) in [6.45, 7) is -1.46. The molecule has 1 aromatic carbocycles. The van der Waals surface area contributed by atoms with Gasteiger partial charge in [-0.25, -0.2) is 0 Å². The Kier molecular flexibility index (Phi) is 18.9. The number of hydrogen-bond donors (Lipinski definition) is 13.